The number of allylic oxidation sites excluding steroid dienone is 2. The van der Waals surface area contributed by atoms with E-state index in [2.05, 4.69) is 0 Å². The van der Waals surface area contributed by atoms with Crippen LogP contribution in [0.2, 0.25) is 5.02 Å². The second-order valence-electron chi connectivity index (χ2n) is 9.27. The second-order valence-corrected chi connectivity index (χ2v) is 9.71. The smallest absolute Gasteiger partial charge is 0.161 e. The third-order valence-corrected chi connectivity index (χ3v) is 7.08. The van der Waals surface area contributed by atoms with E-state index in [-0.39, 0.29) is 17.4 Å². The molecule has 0 aromatic heterocycles. The van der Waals surface area contributed by atoms with E-state index in [0.29, 0.717) is 34.6 Å². The maximum Gasteiger partial charge on any atom is 0.161 e. The van der Waals surface area contributed by atoms with Crippen LogP contribution in [-0.2, 0) is 4.79 Å². The molecule has 1 aliphatic carbocycles. The SMILES string of the molecule is Cc1ccc(C(O)=C2C(=N)N(c3ccc(Cl)cc3)C3=C(C(=O)CCC3)C2c2ccc(C)cc2)cc1. The van der Waals surface area contributed by atoms with Crippen LogP contribution in [0.25, 0.3) is 5.76 Å². The second kappa shape index (κ2) is 9.20. The molecule has 4 nitrogen and oxygen atoms in total. The van der Waals surface area contributed by atoms with Gasteiger partial charge in [0, 0.05) is 45.5 Å². The number of carbonyl (C=O) groups is 1. The number of aliphatic hydroxyl groups excluding tert-OH is 1. The molecule has 1 heterocycles. The summed E-state index contributed by atoms with van der Waals surface area (Å²) in [5.74, 6) is -0.262. The van der Waals surface area contributed by atoms with E-state index in [1.54, 1.807) is 12.1 Å². The van der Waals surface area contributed by atoms with E-state index in [0.717, 1.165) is 34.5 Å². The van der Waals surface area contributed by atoms with Gasteiger partial charge in [0.1, 0.15) is 11.6 Å². The molecule has 3 aromatic rings. The van der Waals surface area contributed by atoms with Crippen LogP contribution in [0, 0.1) is 19.3 Å². The van der Waals surface area contributed by atoms with E-state index in [1.165, 1.54) is 0 Å². The Kier molecular flexibility index (Phi) is 6.08. The highest BCUT2D eigenvalue weighted by atomic mass is 35.5. The lowest BCUT2D eigenvalue weighted by Gasteiger charge is -2.41. The summed E-state index contributed by atoms with van der Waals surface area (Å²) >= 11 is 6.15. The summed E-state index contributed by atoms with van der Waals surface area (Å²) in [5, 5.41) is 21.6. The fourth-order valence-corrected chi connectivity index (χ4v) is 5.15. The van der Waals surface area contributed by atoms with Crippen molar-refractivity contribution in [2.75, 3.05) is 4.90 Å². The van der Waals surface area contributed by atoms with Gasteiger partial charge in [0.05, 0.1) is 0 Å². The van der Waals surface area contributed by atoms with E-state index >= 15 is 0 Å². The molecule has 0 bridgehead atoms. The quantitative estimate of drug-likeness (QED) is 0.379. The Morgan fingerprint density at radius 1 is 0.914 bits per heavy atom. The Morgan fingerprint density at radius 3 is 2.14 bits per heavy atom. The van der Waals surface area contributed by atoms with Crippen LogP contribution in [0.4, 0.5) is 5.69 Å². The minimum Gasteiger partial charge on any atom is -0.507 e. The third kappa shape index (κ3) is 4.19. The highest BCUT2D eigenvalue weighted by molar-refractivity contribution is 6.30. The Hall–Kier alpha value is -3.63. The zero-order chi connectivity index (χ0) is 24.7. The number of rotatable bonds is 3. The van der Waals surface area contributed by atoms with Gasteiger partial charge in [-0.25, -0.2) is 0 Å². The van der Waals surface area contributed by atoms with Gasteiger partial charge in [-0.05, 0) is 56.5 Å². The predicted molar refractivity (Wildman–Crippen MR) is 142 cm³/mol. The molecule has 3 aromatic carbocycles. The van der Waals surface area contributed by atoms with Crippen molar-refractivity contribution in [1.82, 2.24) is 0 Å². The molecule has 0 fully saturated rings. The summed E-state index contributed by atoms with van der Waals surface area (Å²) in [5.41, 5.74) is 6.39. The number of aliphatic hydroxyl groups is 1. The molecular formula is C30H27ClN2O2. The van der Waals surface area contributed by atoms with Crippen LogP contribution in [-0.4, -0.2) is 16.7 Å². The molecule has 5 rings (SSSR count). The largest absolute Gasteiger partial charge is 0.507 e. The van der Waals surface area contributed by atoms with Crippen molar-refractivity contribution in [3.05, 3.63) is 117 Å². The number of nitrogens with one attached hydrogen (secondary N) is 1. The maximum absolute atomic E-state index is 13.5. The molecule has 1 unspecified atom stereocenters. The van der Waals surface area contributed by atoms with Gasteiger partial charge in [0.2, 0.25) is 0 Å². The monoisotopic (exact) mass is 482 g/mol. The third-order valence-electron chi connectivity index (χ3n) is 6.83. The summed E-state index contributed by atoms with van der Waals surface area (Å²) < 4.78 is 0. The molecule has 1 atom stereocenters. The number of benzene rings is 3. The fraction of sp³-hybridized carbons (Fsp3) is 0.200. The molecule has 176 valence electrons. The molecule has 0 saturated heterocycles. The van der Waals surface area contributed by atoms with Gasteiger partial charge in [-0.3, -0.25) is 15.1 Å². The highest BCUT2D eigenvalue weighted by Gasteiger charge is 2.43. The number of amidine groups is 1. The number of hydrogen-bond acceptors (Lipinski definition) is 3. The van der Waals surface area contributed by atoms with Crippen LogP contribution < -0.4 is 4.90 Å². The first-order chi connectivity index (χ1) is 16.8. The van der Waals surface area contributed by atoms with Crippen molar-refractivity contribution >= 4 is 34.7 Å². The molecule has 2 N–H and O–H groups in total. The number of anilines is 1. The van der Waals surface area contributed by atoms with Crippen LogP contribution in [0.15, 0.2) is 89.6 Å². The van der Waals surface area contributed by atoms with E-state index in [9.17, 15) is 15.3 Å². The zero-order valence-electron chi connectivity index (χ0n) is 19.8. The van der Waals surface area contributed by atoms with Gasteiger partial charge in [0.15, 0.2) is 5.78 Å². The summed E-state index contributed by atoms with van der Waals surface area (Å²) in [6.45, 7) is 4.01. The fourth-order valence-electron chi connectivity index (χ4n) is 5.03. The normalized spacial score (nSPS) is 19.6. The Morgan fingerprint density at radius 2 is 1.51 bits per heavy atom. The van der Waals surface area contributed by atoms with Crippen LogP contribution in [0.3, 0.4) is 0 Å². The number of Topliss-reactive ketones (excluding diaryl/α,β-unsaturated/α-hetero) is 1. The lowest BCUT2D eigenvalue weighted by Crippen LogP contribution is -2.42. The Bertz CT molecular complexity index is 1370. The molecule has 5 heteroatoms. The van der Waals surface area contributed by atoms with Crippen LogP contribution >= 0.6 is 11.6 Å². The predicted octanol–water partition coefficient (Wildman–Crippen LogP) is 7.51. The average Bonchev–Trinajstić information content (AvgIpc) is 2.85. The molecule has 0 radical (unpaired) electrons. The lowest BCUT2D eigenvalue weighted by atomic mass is 9.73. The molecule has 2 aliphatic rings. The van der Waals surface area contributed by atoms with Gasteiger partial charge in [-0.15, -0.1) is 0 Å². The van der Waals surface area contributed by atoms with E-state index < -0.39 is 5.92 Å². The molecular weight excluding hydrogens is 456 g/mol. The van der Waals surface area contributed by atoms with Crippen molar-refractivity contribution in [2.24, 2.45) is 0 Å². The van der Waals surface area contributed by atoms with Crippen molar-refractivity contribution in [3.63, 3.8) is 0 Å². The Labute approximate surface area is 210 Å². The summed E-state index contributed by atoms with van der Waals surface area (Å²) in [6.07, 6.45) is 1.88. The number of aryl methyl sites for hydroxylation is 2. The van der Waals surface area contributed by atoms with Gasteiger partial charge in [-0.1, -0.05) is 71.3 Å². The summed E-state index contributed by atoms with van der Waals surface area (Å²) in [6, 6.07) is 22.9. The zero-order valence-corrected chi connectivity index (χ0v) is 20.6. The van der Waals surface area contributed by atoms with Crippen LogP contribution in [0.1, 0.15) is 47.4 Å². The van der Waals surface area contributed by atoms with E-state index in [1.807, 2.05) is 79.4 Å². The van der Waals surface area contributed by atoms with Gasteiger partial charge in [0.25, 0.3) is 0 Å². The number of ketones is 1. The van der Waals surface area contributed by atoms with Gasteiger partial charge >= 0.3 is 0 Å². The van der Waals surface area contributed by atoms with E-state index in [4.69, 9.17) is 11.6 Å². The summed E-state index contributed by atoms with van der Waals surface area (Å²) in [4.78, 5) is 15.3. The first kappa shape index (κ1) is 23.1. The maximum atomic E-state index is 13.5. The first-order valence-corrected chi connectivity index (χ1v) is 12.2. The molecule has 35 heavy (non-hydrogen) atoms. The van der Waals surface area contributed by atoms with Crippen molar-refractivity contribution in [2.45, 2.75) is 39.0 Å². The lowest BCUT2D eigenvalue weighted by molar-refractivity contribution is -0.116. The highest BCUT2D eigenvalue weighted by Crippen LogP contribution is 2.48. The molecule has 0 amide bonds. The minimum absolute atomic E-state index is 0.0180. The van der Waals surface area contributed by atoms with Crippen LogP contribution in [0.5, 0.6) is 0 Å². The topological polar surface area (TPSA) is 64.4 Å². The summed E-state index contributed by atoms with van der Waals surface area (Å²) in [7, 11) is 0. The standard InChI is InChI=1S/C30H27ClN2O2/c1-18-6-10-20(11-7-18)26-27-24(4-3-5-25(27)34)33(23-16-14-22(31)15-17-23)30(32)28(26)29(35)21-12-8-19(2)9-13-21/h6-17,26,32,35H,3-5H2,1-2H3. The van der Waals surface area contributed by atoms with Gasteiger partial charge < -0.3 is 5.11 Å². The number of halogens is 1. The van der Waals surface area contributed by atoms with Crippen molar-refractivity contribution < 1.29 is 9.90 Å². The number of nitrogens with zero attached hydrogens (tertiary/aromatic N) is 1. The minimum atomic E-state index is -0.518. The van der Waals surface area contributed by atoms with Crippen molar-refractivity contribution in [1.29, 1.82) is 5.41 Å². The Balaban J connectivity index is 1.81. The first-order valence-electron chi connectivity index (χ1n) is 11.8. The molecule has 0 spiro atoms. The number of hydrogen-bond donors (Lipinski definition) is 2. The van der Waals surface area contributed by atoms with Crippen molar-refractivity contribution in [3.8, 4) is 0 Å². The van der Waals surface area contributed by atoms with Gasteiger partial charge in [-0.2, -0.15) is 0 Å². The molecule has 1 aliphatic heterocycles. The number of carbonyl (C=O) groups excluding carboxylic acids is 1. The molecule has 0 saturated carbocycles. The average molecular weight is 483 g/mol.